The number of hydrogen-bond acceptors (Lipinski definition) is 4. The van der Waals surface area contributed by atoms with E-state index in [2.05, 4.69) is 0 Å². The van der Waals surface area contributed by atoms with Crippen molar-refractivity contribution in [3.8, 4) is 0 Å². The minimum absolute atomic E-state index is 0.317. The minimum atomic E-state index is -3.47. The molecule has 0 heterocycles. The van der Waals surface area contributed by atoms with E-state index < -0.39 is 13.2 Å². The highest BCUT2D eigenvalue weighted by atomic mass is 35.5. The molecule has 0 unspecified atom stereocenters. The molecule has 0 bridgehead atoms. The van der Waals surface area contributed by atoms with Crippen LogP contribution in [0.1, 0.15) is 24.8 Å². The maximum Gasteiger partial charge on any atom is 0.264 e. The summed E-state index contributed by atoms with van der Waals surface area (Å²) in [5, 5.41) is 11.8. The van der Waals surface area contributed by atoms with Crippen LogP contribution >= 0.6 is 19.0 Å². The number of rotatable bonds is 7. The Morgan fingerprint density at radius 1 is 1.12 bits per heavy atom. The largest absolute Gasteiger partial charge is 0.378 e. The first kappa shape index (κ1) is 19.0. The first-order valence-corrected chi connectivity index (χ1v) is 9.91. The summed E-state index contributed by atoms with van der Waals surface area (Å²) in [5.74, 6) is -1.23. The molecule has 0 saturated carbocycles. The molecule has 0 aliphatic carbocycles. The third kappa shape index (κ3) is 4.20. The van der Waals surface area contributed by atoms with Gasteiger partial charge in [0.25, 0.3) is 7.37 Å². The van der Waals surface area contributed by atoms with E-state index in [0.29, 0.717) is 28.9 Å². The lowest BCUT2D eigenvalue weighted by molar-refractivity contribution is 0.214. The number of nitrogens with zero attached hydrogens (tertiary/aromatic N) is 1. The van der Waals surface area contributed by atoms with Crippen LogP contribution in [0.5, 0.6) is 0 Å². The maximum atomic E-state index is 13.5. The summed E-state index contributed by atoms with van der Waals surface area (Å²) in [4.78, 5) is 1.96. The normalized spacial score (nSPS) is 14.9. The predicted octanol–water partition coefficient (Wildman–Crippen LogP) is 4.43. The van der Waals surface area contributed by atoms with Crippen molar-refractivity contribution in [2.45, 2.75) is 19.2 Å². The van der Waals surface area contributed by atoms with Gasteiger partial charge in [-0.3, -0.25) is 4.57 Å². The van der Waals surface area contributed by atoms with Gasteiger partial charge in [0.05, 0.1) is 6.61 Å². The molecule has 2 atom stereocenters. The van der Waals surface area contributed by atoms with E-state index in [1.165, 1.54) is 0 Å². The molecule has 4 nitrogen and oxygen atoms in total. The van der Waals surface area contributed by atoms with Crippen LogP contribution < -0.4 is 10.2 Å². The maximum absolute atomic E-state index is 13.5. The van der Waals surface area contributed by atoms with E-state index in [-0.39, 0.29) is 0 Å². The van der Waals surface area contributed by atoms with Gasteiger partial charge in [0, 0.05) is 30.1 Å². The zero-order valence-corrected chi connectivity index (χ0v) is 15.8. The van der Waals surface area contributed by atoms with Gasteiger partial charge in [0.1, 0.15) is 0 Å². The van der Waals surface area contributed by atoms with Crippen LogP contribution in [-0.4, -0.2) is 25.8 Å². The highest BCUT2D eigenvalue weighted by molar-refractivity contribution is 7.67. The SMILES string of the molecule is CCCO[P@@](=O)(c1ccc(N(C)C)cc1)[C@@H](O)c1ccc(Cl)cc1. The molecule has 0 aromatic heterocycles. The number of hydrogen-bond donors (Lipinski definition) is 1. The molecular weight excluding hydrogens is 345 g/mol. The minimum Gasteiger partial charge on any atom is -0.378 e. The van der Waals surface area contributed by atoms with E-state index in [1.54, 1.807) is 36.4 Å². The van der Waals surface area contributed by atoms with Crippen molar-refractivity contribution in [1.29, 1.82) is 0 Å². The topological polar surface area (TPSA) is 49.8 Å². The second kappa shape index (κ2) is 8.17. The number of aliphatic hydroxyl groups excluding tert-OH is 1. The molecule has 0 spiro atoms. The van der Waals surface area contributed by atoms with E-state index in [1.807, 2.05) is 38.1 Å². The van der Waals surface area contributed by atoms with Crippen LogP contribution in [-0.2, 0) is 9.09 Å². The van der Waals surface area contributed by atoms with Crippen LogP contribution in [0.4, 0.5) is 5.69 Å². The summed E-state index contributed by atoms with van der Waals surface area (Å²) in [7, 11) is 0.398. The molecule has 0 fully saturated rings. The lowest BCUT2D eigenvalue weighted by Crippen LogP contribution is -2.16. The van der Waals surface area contributed by atoms with E-state index >= 15 is 0 Å². The zero-order valence-electron chi connectivity index (χ0n) is 14.1. The van der Waals surface area contributed by atoms with Gasteiger partial charge in [-0.2, -0.15) is 0 Å². The molecular formula is C18H23ClNO3P. The third-order valence-corrected chi connectivity index (χ3v) is 6.48. The van der Waals surface area contributed by atoms with Gasteiger partial charge in [-0.1, -0.05) is 30.7 Å². The van der Waals surface area contributed by atoms with Crippen molar-refractivity contribution < 1.29 is 14.2 Å². The van der Waals surface area contributed by atoms with Gasteiger partial charge in [0.2, 0.25) is 0 Å². The van der Waals surface area contributed by atoms with Crippen LogP contribution in [0.3, 0.4) is 0 Å². The predicted molar refractivity (Wildman–Crippen MR) is 101 cm³/mol. The lowest BCUT2D eigenvalue weighted by atomic mass is 10.2. The van der Waals surface area contributed by atoms with Crippen LogP contribution in [0.2, 0.25) is 5.02 Å². The Morgan fingerprint density at radius 3 is 2.21 bits per heavy atom. The van der Waals surface area contributed by atoms with Gasteiger partial charge in [-0.15, -0.1) is 0 Å². The molecule has 2 aromatic carbocycles. The smallest absolute Gasteiger partial charge is 0.264 e. The second-order valence-electron chi connectivity index (χ2n) is 5.77. The average Bonchev–Trinajstić information content (AvgIpc) is 2.59. The monoisotopic (exact) mass is 367 g/mol. The fraction of sp³-hybridized carbons (Fsp3) is 0.333. The molecule has 6 heteroatoms. The summed E-state index contributed by atoms with van der Waals surface area (Å²) in [6, 6.07) is 13.9. The Balaban J connectivity index is 2.41. The van der Waals surface area contributed by atoms with Crippen molar-refractivity contribution in [3.63, 3.8) is 0 Å². The number of aliphatic hydroxyl groups is 1. The quantitative estimate of drug-likeness (QED) is 0.736. The molecule has 0 saturated heterocycles. The van der Waals surface area contributed by atoms with Gasteiger partial charge in [0.15, 0.2) is 5.85 Å². The molecule has 2 rings (SSSR count). The Morgan fingerprint density at radius 2 is 1.71 bits per heavy atom. The molecule has 0 aliphatic rings. The van der Waals surface area contributed by atoms with Crippen molar-refractivity contribution in [1.82, 2.24) is 0 Å². The molecule has 2 aromatic rings. The summed E-state index contributed by atoms with van der Waals surface area (Å²) in [6.45, 7) is 2.26. The third-order valence-electron chi connectivity index (χ3n) is 3.70. The molecule has 0 amide bonds. The average molecular weight is 368 g/mol. The standard InChI is InChI=1S/C18H23ClNO3P/c1-4-13-23-24(22,17-11-9-16(10-12-17)20(2)3)18(21)14-5-7-15(19)8-6-14/h5-12,18,21H,4,13H2,1-3H3/t18-,24+/m1/s1. The fourth-order valence-electron chi connectivity index (χ4n) is 2.30. The zero-order chi connectivity index (χ0) is 17.7. The Labute approximate surface area is 148 Å². The molecule has 0 radical (unpaired) electrons. The van der Waals surface area contributed by atoms with Crippen molar-refractivity contribution in [2.75, 3.05) is 25.6 Å². The van der Waals surface area contributed by atoms with Gasteiger partial charge < -0.3 is 14.5 Å². The summed E-state index contributed by atoms with van der Waals surface area (Å²) >= 11 is 5.89. The molecule has 1 N–H and O–H groups in total. The van der Waals surface area contributed by atoms with Crippen LogP contribution in [0.25, 0.3) is 0 Å². The van der Waals surface area contributed by atoms with E-state index in [4.69, 9.17) is 16.1 Å². The van der Waals surface area contributed by atoms with Crippen molar-refractivity contribution in [2.24, 2.45) is 0 Å². The molecule has 130 valence electrons. The van der Waals surface area contributed by atoms with Crippen LogP contribution in [0, 0.1) is 0 Å². The second-order valence-corrected chi connectivity index (χ2v) is 8.66. The highest BCUT2D eigenvalue weighted by Gasteiger charge is 2.36. The van der Waals surface area contributed by atoms with Gasteiger partial charge in [-0.25, -0.2) is 0 Å². The fourth-order valence-corrected chi connectivity index (χ4v) is 4.58. The molecule has 24 heavy (non-hydrogen) atoms. The lowest BCUT2D eigenvalue weighted by Gasteiger charge is -2.25. The molecule has 0 aliphatic heterocycles. The number of halogens is 1. The Hall–Kier alpha value is -1.32. The van der Waals surface area contributed by atoms with E-state index in [9.17, 15) is 9.67 Å². The van der Waals surface area contributed by atoms with Gasteiger partial charge >= 0.3 is 0 Å². The first-order chi connectivity index (χ1) is 11.4. The highest BCUT2D eigenvalue weighted by Crippen LogP contribution is 2.57. The Bertz CT molecular complexity index is 701. The Kier molecular flexibility index (Phi) is 6.47. The summed E-state index contributed by atoms with van der Waals surface area (Å²) in [5.41, 5.74) is 1.51. The first-order valence-electron chi connectivity index (χ1n) is 7.84. The summed E-state index contributed by atoms with van der Waals surface area (Å²) < 4.78 is 19.2. The van der Waals surface area contributed by atoms with Crippen molar-refractivity contribution in [3.05, 3.63) is 59.1 Å². The van der Waals surface area contributed by atoms with E-state index in [0.717, 1.165) is 5.69 Å². The van der Waals surface area contributed by atoms with Crippen LogP contribution in [0.15, 0.2) is 48.5 Å². The summed E-state index contributed by atoms with van der Waals surface area (Å²) in [6.07, 6.45) is 0.715. The van der Waals surface area contributed by atoms with Crippen molar-refractivity contribution >= 4 is 30.0 Å². The van der Waals surface area contributed by atoms with Gasteiger partial charge in [-0.05, 0) is 48.4 Å². The number of benzene rings is 2. The number of anilines is 1.